The molecule has 1 fully saturated rings. The fourth-order valence-corrected chi connectivity index (χ4v) is 2.48. The lowest BCUT2D eigenvalue weighted by Gasteiger charge is -2.46. The fraction of sp³-hybridized carbons (Fsp3) is 0.467. The summed E-state index contributed by atoms with van der Waals surface area (Å²) in [6.07, 6.45) is 0. The Bertz CT molecular complexity index is 545. The molecule has 1 aliphatic heterocycles. The second-order valence-corrected chi connectivity index (χ2v) is 5.79. The molecule has 2 rings (SSSR count). The first-order valence-electron chi connectivity index (χ1n) is 6.77. The minimum atomic E-state index is -1.01. The summed E-state index contributed by atoms with van der Waals surface area (Å²) < 4.78 is 5.27. The van der Waals surface area contributed by atoms with Crippen molar-refractivity contribution in [3.63, 3.8) is 0 Å². The SMILES string of the molecule is Cc1cc(C)cc(NC(=O)N2CC(C)(OCC(=O)O)C2)c1. The third kappa shape index (κ3) is 3.95. The number of nitrogens with zero attached hydrogens (tertiary/aromatic N) is 1. The van der Waals surface area contributed by atoms with Crippen molar-refractivity contribution in [2.45, 2.75) is 26.4 Å². The Hall–Kier alpha value is -2.08. The number of benzene rings is 1. The number of nitrogens with one attached hydrogen (secondary N) is 1. The number of carbonyl (C=O) groups is 2. The van der Waals surface area contributed by atoms with Crippen molar-refractivity contribution in [3.05, 3.63) is 29.3 Å². The second kappa shape index (κ2) is 5.73. The predicted molar refractivity (Wildman–Crippen MR) is 78.5 cm³/mol. The number of hydrogen-bond acceptors (Lipinski definition) is 3. The van der Waals surface area contributed by atoms with E-state index in [9.17, 15) is 9.59 Å². The summed E-state index contributed by atoms with van der Waals surface area (Å²) in [5, 5.41) is 11.4. The van der Waals surface area contributed by atoms with E-state index >= 15 is 0 Å². The molecule has 114 valence electrons. The van der Waals surface area contributed by atoms with Crippen LogP contribution in [0, 0.1) is 13.8 Å². The molecule has 1 heterocycles. The van der Waals surface area contributed by atoms with Crippen molar-refractivity contribution in [2.24, 2.45) is 0 Å². The average molecular weight is 292 g/mol. The van der Waals surface area contributed by atoms with Crippen LogP contribution in [0.25, 0.3) is 0 Å². The first-order chi connectivity index (χ1) is 9.77. The molecule has 2 amide bonds. The van der Waals surface area contributed by atoms with Gasteiger partial charge < -0.3 is 20.1 Å². The smallest absolute Gasteiger partial charge is 0.329 e. The molecule has 0 aromatic heterocycles. The molecule has 1 aliphatic rings. The van der Waals surface area contributed by atoms with Crippen LogP contribution in [0.3, 0.4) is 0 Å². The minimum absolute atomic E-state index is 0.198. The number of rotatable bonds is 4. The molecule has 0 aliphatic carbocycles. The highest BCUT2D eigenvalue weighted by Gasteiger charge is 2.42. The molecule has 1 saturated heterocycles. The number of carboxylic acid groups (broad SMARTS) is 1. The van der Waals surface area contributed by atoms with Gasteiger partial charge in [0.2, 0.25) is 0 Å². The number of anilines is 1. The maximum Gasteiger partial charge on any atom is 0.329 e. The zero-order chi connectivity index (χ0) is 15.6. The van der Waals surface area contributed by atoms with Gasteiger partial charge in [-0.2, -0.15) is 0 Å². The van der Waals surface area contributed by atoms with Crippen molar-refractivity contribution < 1.29 is 19.4 Å². The Morgan fingerprint density at radius 3 is 2.38 bits per heavy atom. The Morgan fingerprint density at radius 2 is 1.86 bits per heavy atom. The van der Waals surface area contributed by atoms with Gasteiger partial charge in [0.1, 0.15) is 12.2 Å². The minimum Gasteiger partial charge on any atom is -0.480 e. The van der Waals surface area contributed by atoms with Gasteiger partial charge in [-0.05, 0) is 44.0 Å². The third-order valence-electron chi connectivity index (χ3n) is 3.35. The van der Waals surface area contributed by atoms with E-state index in [2.05, 4.69) is 5.32 Å². The lowest BCUT2D eigenvalue weighted by atomic mass is 9.97. The van der Waals surface area contributed by atoms with Gasteiger partial charge in [-0.25, -0.2) is 9.59 Å². The Balaban J connectivity index is 1.87. The summed E-state index contributed by atoms with van der Waals surface area (Å²) in [6, 6.07) is 5.66. The summed E-state index contributed by atoms with van der Waals surface area (Å²) in [5.41, 5.74) is 2.36. The van der Waals surface area contributed by atoms with E-state index < -0.39 is 11.6 Å². The van der Waals surface area contributed by atoms with Crippen LogP contribution in [-0.4, -0.2) is 47.3 Å². The highest BCUT2D eigenvalue weighted by molar-refractivity contribution is 5.90. The van der Waals surface area contributed by atoms with Crippen LogP contribution >= 0.6 is 0 Å². The molecule has 6 nitrogen and oxygen atoms in total. The number of aliphatic carboxylic acids is 1. The highest BCUT2D eigenvalue weighted by Crippen LogP contribution is 2.25. The molecule has 6 heteroatoms. The van der Waals surface area contributed by atoms with E-state index in [1.807, 2.05) is 32.0 Å². The molecular weight excluding hydrogens is 272 g/mol. The van der Waals surface area contributed by atoms with Crippen molar-refractivity contribution in [1.29, 1.82) is 0 Å². The van der Waals surface area contributed by atoms with Crippen LogP contribution in [0.4, 0.5) is 10.5 Å². The van der Waals surface area contributed by atoms with Crippen LogP contribution in [0.1, 0.15) is 18.1 Å². The summed E-state index contributed by atoms with van der Waals surface area (Å²) in [6.45, 7) is 6.18. The first-order valence-corrected chi connectivity index (χ1v) is 6.77. The zero-order valence-electron chi connectivity index (χ0n) is 12.5. The van der Waals surface area contributed by atoms with Crippen LogP contribution in [0.5, 0.6) is 0 Å². The number of ether oxygens (including phenoxy) is 1. The van der Waals surface area contributed by atoms with Crippen molar-refractivity contribution in [3.8, 4) is 0 Å². The third-order valence-corrected chi connectivity index (χ3v) is 3.35. The van der Waals surface area contributed by atoms with Crippen LogP contribution in [-0.2, 0) is 9.53 Å². The van der Waals surface area contributed by atoms with Gasteiger partial charge in [0.25, 0.3) is 0 Å². The monoisotopic (exact) mass is 292 g/mol. The topological polar surface area (TPSA) is 78.9 Å². The van der Waals surface area contributed by atoms with Gasteiger partial charge in [0.15, 0.2) is 0 Å². The number of urea groups is 1. The molecule has 2 N–H and O–H groups in total. The van der Waals surface area contributed by atoms with Gasteiger partial charge in [-0.3, -0.25) is 0 Å². The largest absolute Gasteiger partial charge is 0.480 e. The molecule has 0 radical (unpaired) electrons. The molecule has 21 heavy (non-hydrogen) atoms. The molecule has 0 atom stereocenters. The molecule has 1 aromatic carbocycles. The highest BCUT2D eigenvalue weighted by atomic mass is 16.5. The van der Waals surface area contributed by atoms with Crippen LogP contribution in [0.15, 0.2) is 18.2 Å². The van der Waals surface area contributed by atoms with Crippen LogP contribution in [0.2, 0.25) is 0 Å². The maximum absolute atomic E-state index is 12.1. The number of carbonyl (C=O) groups excluding carboxylic acids is 1. The van der Waals surface area contributed by atoms with E-state index in [0.29, 0.717) is 13.1 Å². The Morgan fingerprint density at radius 1 is 1.29 bits per heavy atom. The van der Waals surface area contributed by atoms with Crippen molar-refractivity contribution >= 4 is 17.7 Å². The quantitative estimate of drug-likeness (QED) is 0.889. The molecule has 0 saturated carbocycles. The van der Waals surface area contributed by atoms with Crippen molar-refractivity contribution in [2.75, 3.05) is 25.0 Å². The lowest BCUT2D eigenvalue weighted by Crippen LogP contribution is -2.64. The fourth-order valence-electron chi connectivity index (χ4n) is 2.48. The predicted octanol–water partition coefficient (Wildman–Crippen LogP) is 2.01. The number of amides is 2. The lowest BCUT2D eigenvalue weighted by molar-refractivity contribution is -0.159. The molecule has 1 aromatic rings. The van der Waals surface area contributed by atoms with E-state index in [-0.39, 0.29) is 12.6 Å². The second-order valence-electron chi connectivity index (χ2n) is 5.79. The normalized spacial score (nSPS) is 16.2. The molecule has 0 bridgehead atoms. The number of aryl methyl sites for hydroxylation is 2. The first kappa shape index (κ1) is 15.3. The summed E-state index contributed by atoms with van der Waals surface area (Å²) >= 11 is 0. The average Bonchev–Trinajstić information content (AvgIpc) is 2.31. The van der Waals surface area contributed by atoms with E-state index in [4.69, 9.17) is 9.84 Å². The number of carboxylic acids is 1. The van der Waals surface area contributed by atoms with Gasteiger partial charge in [0, 0.05) is 5.69 Å². The molecule has 0 spiro atoms. The van der Waals surface area contributed by atoms with Crippen LogP contribution < -0.4 is 5.32 Å². The van der Waals surface area contributed by atoms with Gasteiger partial charge >= 0.3 is 12.0 Å². The standard InChI is InChI=1S/C15H20N2O4/c1-10-4-11(2)6-12(5-10)16-14(20)17-8-15(3,9-17)21-7-13(18)19/h4-6H,7-9H2,1-3H3,(H,16,20)(H,18,19). The van der Waals surface area contributed by atoms with Gasteiger partial charge in [-0.15, -0.1) is 0 Å². The number of hydrogen-bond donors (Lipinski definition) is 2. The number of likely N-dealkylation sites (tertiary alicyclic amines) is 1. The zero-order valence-corrected chi connectivity index (χ0v) is 12.5. The Labute approximate surface area is 123 Å². The van der Waals surface area contributed by atoms with E-state index in [1.54, 1.807) is 11.8 Å². The summed E-state index contributed by atoms with van der Waals surface area (Å²) in [7, 11) is 0. The van der Waals surface area contributed by atoms with E-state index in [1.165, 1.54) is 0 Å². The summed E-state index contributed by atoms with van der Waals surface area (Å²) in [4.78, 5) is 24.2. The van der Waals surface area contributed by atoms with Gasteiger partial charge in [0.05, 0.1) is 13.1 Å². The molecule has 0 unspecified atom stereocenters. The van der Waals surface area contributed by atoms with Crippen molar-refractivity contribution in [1.82, 2.24) is 4.90 Å². The summed E-state index contributed by atoms with van der Waals surface area (Å²) in [5.74, 6) is -1.01. The maximum atomic E-state index is 12.1. The Kier molecular flexibility index (Phi) is 4.18. The van der Waals surface area contributed by atoms with E-state index in [0.717, 1.165) is 16.8 Å². The van der Waals surface area contributed by atoms with Gasteiger partial charge in [-0.1, -0.05) is 6.07 Å². The molecular formula is C15H20N2O4.